The molecule has 0 aliphatic carbocycles. The number of benzene rings is 2. The molecule has 0 amide bonds. The number of rotatable bonds is 8. The van der Waals surface area contributed by atoms with Crippen LogP contribution in [0.1, 0.15) is 5.69 Å². The van der Waals surface area contributed by atoms with Gasteiger partial charge in [-0.2, -0.15) is 0 Å². The van der Waals surface area contributed by atoms with Gasteiger partial charge < -0.3 is 4.74 Å². The molecule has 0 aliphatic rings. The molecule has 2 aromatic carbocycles. The van der Waals surface area contributed by atoms with Gasteiger partial charge in [0, 0.05) is 15.3 Å². The highest BCUT2D eigenvalue weighted by molar-refractivity contribution is 14.1. The second kappa shape index (κ2) is 9.41. The van der Waals surface area contributed by atoms with Crippen LogP contribution in [0, 0.1) is 10.5 Å². The van der Waals surface area contributed by atoms with E-state index in [1.54, 1.807) is 42.5 Å². The summed E-state index contributed by atoms with van der Waals surface area (Å²) < 4.78 is 34.6. The molecule has 0 fully saturated rings. The summed E-state index contributed by atoms with van der Waals surface area (Å²) in [5.41, 5.74) is 2.07. The first kappa shape index (κ1) is 21.3. The number of hydrogen-bond donors (Lipinski definition) is 0. The Morgan fingerprint density at radius 2 is 1.72 bits per heavy atom. The predicted molar refractivity (Wildman–Crippen MR) is 124 cm³/mol. The van der Waals surface area contributed by atoms with Gasteiger partial charge in [-0.25, -0.2) is 13.4 Å². The van der Waals surface area contributed by atoms with E-state index in [9.17, 15) is 8.42 Å². The van der Waals surface area contributed by atoms with Crippen molar-refractivity contribution < 1.29 is 13.2 Å². The van der Waals surface area contributed by atoms with Crippen molar-refractivity contribution >= 4 is 38.3 Å². The Bertz CT molecular complexity index is 1100. The highest BCUT2D eigenvalue weighted by Crippen LogP contribution is 2.29. The van der Waals surface area contributed by atoms with Gasteiger partial charge in [-0.3, -0.25) is 4.31 Å². The molecule has 5 nitrogen and oxygen atoms in total. The number of nitrogens with zero attached hydrogens (tertiary/aromatic N) is 2. The molecular weight excluding hydrogens is 499 g/mol. The van der Waals surface area contributed by atoms with Crippen molar-refractivity contribution in [3.8, 4) is 5.88 Å². The number of aryl methyl sites for hydroxylation is 1. The molecule has 0 radical (unpaired) electrons. The Morgan fingerprint density at radius 1 is 1.03 bits per heavy atom. The molecule has 0 spiro atoms. The minimum Gasteiger partial charge on any atom is -0.473 e. The second-order valence-electron chi connectivity index (χ2n) is 6.43. The topological polar surface area (TPSA) is 59.5 Å². The Labute approximate surface area is 185 Å². The van der Waals surface area contributed by atoms with E-state index in [4.69, 9.17) is 4.74 Å². The Balaban J connectivity index is 1.86. The molecule has 0 unspecified atom stereocenters. The number of pyridine rings is 1. The fourth-order valence-electron chi connectivity index (χ4n) is 2.70. The lowest BCUT2D eigenvalue weighted by Gasteiger charge is -2.26. The van der Waals surface area contributed by atoms with Crippen molar-refractivity contribution in [2.24, 2.45) is 0 Å². The monoisotopic (exact) mass is 520 g/mol. The van der Waals surface area contributed by atoms with Crippen LogP contribution in [0.3, 0.4) is 0 Å². The van der Waals surface area contributed by atoms with E-state index in [0.29, 0.717) is 17.1 Å². The number of anilines is 1. The first-order valence-electron chi connectivity index (χ1n) is 8.93. The normalized spacial score (nSPS) is 11.1. The van der Waals surface area contributed by atoms with Crippen LogP contribution >= 0.6 is 22.6 Å². The van der Waals surface area contributed by atoms with Crippen LogP contribution in [-0.2, 0) is 10.0 Å². The second-order valence-corrected chi connectivity index (χ2v) is 9.46. The summed E-state index contributed by atoms with van der Waals surface area (Å²) in [6, 6.07) is 21.3. The van der Waals surface area contributed by atoms with E-state index in [1.807, 2.05) is 37.3 Å². The van der Waals surface area contributed by atoms with Gasteiger partial charge in [-0.15, -0.1) is 0 Å². The van der Waals surface area contributed by atoms with E-state index in [0.717, 1.165) is 9.26 Å². The SMILES string of the molecule is C=C(COc1cccc(C)n1)CN(c1ccccc1I)S(=O)(=O)c1ccccc1. The Kier molecular flexibility index (Phi) is 6.92. The lowest BCUT2D eigenvalue weighted by atomic mass is 10.3. The first-order valence-corrected chi connectivity index (χ1v) is 11.5. The fraction of sp³-hybridized carbons (Fsp3) is 0.136. The van der Waals surface area contributed by atoms with E-state index in [2.05, 4.69) is 34.2 Å². The van der Waals surface area contributed by atoms with Gasteiger partial charge in [-0.05, 0) is 65.4 Å². The molecule has 0 bridgehead atoms. The molecular formula is C22H21IN2O3S. The molecule has 29 heavy (non-hydrogen) atoms. The summed E-state index contributed by atoms with van der Waals surface area (Å²) in [6.07, 6.45) is 0. The number of para-hydroxylation sites is 1. The lowest BCUT2D eigenvalue weighted by molar-refractivity contribution is 0.336. The van der Waals surface area contributed by atoms with Crippen molar-refractivity contribution in [1.82, 2.24) is 4.98 Å². The maximum Gasteiger partial charge on any atom is 0.264 e. The van der Waals surface area contributed by atoms with Crippen molar-refractivity contribution in [2.45, 2.75) is 11.8 Å². The molecule has 0 saturated heterocycles. The van der Waals surface area contributed by atoms with Crippen molar-refractivity contribution in [1.29, 1.82) is 0 Å². The van der Waals surface area contributed by atoms with Gasteiger partial charge in [-0.1, -0.05) is 43.0 Å². The molecule has 0 N–H and O–H groups in total. The molecule has 0 aliphatic heterocycles. The molecule has 0 saturated carbocycles. The highest BCUT2D eigenvalue weighted by atomic mass is 127. The van der Waals surface area contributed by atoms with Gasteiger partial charge in [0.05, 0.1) is 17.1 Å². The van der Waals surface area contributed by atoms with Crippen molar-refractivity contribution in [3.63, 3.8) is 0 Å². The zero-order valence-corrected chi connectivity index (χ0v) is 18.9. The van der Waals surface area contributed by atoms with E-state index in [1.165, 1.54) is 4.31 Å². The maximum absolute atomic E-state index is 13.4. The minimum atomic E-state index is -3.76. The average molecular weight is 520 g/mol. The minimum absolute atomic E-state index is 0.100. The number of sulfonamides is 1. The zero-order valence-electron chi connectivity index (χ0n) is 16.0. The van der Waals surface area contributed by atoms with Crippen LogP contribution < -0.4 is 9.04 Å². The summed E-state index contributed by atoms with van der Waals surface area (Å²) >= 11 is 2.14. The number of halogens is 1. The van der Waals surface area contributed by atoms with Crippen LogP contribution in [0.25, 0.3) is 0 Å². The molecule has 1 heterocycles. The number of aromatic nitrogens is 1. The molecule has 3 rings (SSSR count). The molecule has 3 aromatic rings. The van der Waals surface area contributed by atoms with Crippen LogP contribution in [0.2, 0.25) is 0 Å². The highest BCUT2D eigenvalue weighted by Gasteiger charge is 2.26. The fourth-order valence-corrected chi connectivity index (χ4v) is 5.06. The lowest BCUT2D eigenvalue weighted by Crippen LogP contribution is -2.34. The van der Waals surface area contributed by atoms with E-state index in [-0.39, 0.29) is 18.0 Å². The Morgan fingerprint density at radius 3 is 2.41 bits per heavy atom. The van der Waals surface area contributed by atoms with Crippen LogP contribution in [0.4, 0.5) is 5.69 Å². The van der Waals surface area contributed by atoms with Gasteiger partial charge in [0.1, 0.15) is 6.61 Å². The smallest absolute Gasteiger partial charge is 0.264 e. The van der Waals surface area contributed by atoms with Crippen LogP contribution in [0.15, 0.2) is 89.8 Å². The van der Waals surface area contributed by atoms with Crippen LogP contribution in [0.5, 0.6) is 5.88 Å². The molecule has 1 aromatic heterocycles. The number of hydrogen-bond acceptors (Lipinski definition) is 4. The third-order valence-corrected chi connectivity index (χ3v) is 6.79. The third kappa shape index (κ3) is 5.36. The quantitative estimate of drug-likeness (QED) is 0.316. The van der Waals surface area contributed by atoms with E-state index >= 15 is 0 Å². The van der Waals surface area contributed by atoms with Gasteiger partial charge in [0.2, 0.25) is 5.88 Å². The van der Waals surface area contributed by atoms with E-state index < -0.39 is 10.0 Å². The zero-order chi connectivity index (χ0) is 20.9. The summed E-state index contributed by atoms with van der Waals surface area (Å²) in [6.45, 7) is 6.18. The maximum atomic E-state index is 13.4. The summed E-state index contributed by atoms with van der Waals surface area (Å²) in [5.74, 6) is 0.484. The standard InChI is InChI=1S/C22H21IN2O3S/c1-17(16-28-22-14-8-9-18(2)24-22)15-25(21-13-7-6-12-20(21)23)29(26,27)19-10-4-3-5-11-19/h3-14H,1,15-16H2,2H3. The summed E-state index contributed by atoms with van der Waals surface area (Å²) in [5, 5.41) is 0. The number of ether oxygens (including phenoxy) is 1. The van der Waals surface area contributed by atoms with Crippen molar-refractivity contribution in [2.75, 3.05) is 17.5 Å². The van der Waals surface area contributed by atoms with Crippen molar-refractivity contribution in [3.05, 3.63) is 94.2 Å². The molecule has 150 valence electrons. The predicted octanol–water partition coefficient (Wildman–Crippen LogP) is 4.83. The average Bonchev–Trinajstić information content (AvgIpc) is 2.72. The van der Waals surface area contributed by atoms with Gasteiger partial charge in [0.15, 0.2) is 0 Å². The summed E-state index contributed by atoms with van der Waals surface area (Å²) in [7, 11) is -3.76. The van der Waals surface area contributed by atoms with Crippen LogP contribution in [-0.4, -0.2) is 26.6 Å². The third-order valence-electron chi connectivity index (χ3n) is 4.11. The first-order chi connectivity index (χ1) is 13.9. The summed E-state index contributed by atoms with van der Waals surface area (Å²) in [4.78, 5) is 4.53. The molecule has 7 heteroatoms. The van der Waals surface area contributed by atoms with Gasteiger partial charge >= 0.3 is 0 Å². The largest absolute Gasteiger partial charge is 0.473 e. The van der Waals surface area contributed by atoms with Gasteiger partial charge in [0.25, 0.3) is 10.0 Å². The Hall–Kier alpha value is -2.39. The molecule has 0 atom stereocenters.